The van der Waals surface area contributed by atoms with Crippen molar-refractivity contribution in [2.45, 2.75) is 19.1 Å². The van der Waals surface area contributed by atoms with E-state index in [0.717, 1.165) is 34.6 Å². The average Bonchev–Trinajstić information content (AvgIpc) is 3.33. The van der Waals surface area contributed by atoms with Gasteiger partial charge in [0.2, 0.25) is 0 Å². The van der Waals surface area contributed by atoms with Crippen LogP contribution in [-0.4, -0.2) is 52.1 Å². The van der Waals surface area contributed by atoms with Crippen LogP contribution >= 0.6 is 0 Å². The molecule has 0 aliphatic carbocycles. The Bertz CT molecular complexity index is 1410. The van der Waals surface area contributed by atoms with Crippen molar-refractivity contribution in [3.05, 3.63) is 77.9 Å². The fourth-order valence-corrected chi connectivity index (χ4v) is 4.43. The van der Waals surface area contributed by atoms with Gasteiger partial charge in [0.25, 0.3) is 0 Å². The van der Waals surface area contributed by atoms with Gasteiger partial charge in [-0.25, -0.2) is 19.2 Å². The third kappa shape index (κ3) is 5.20. The molecule has 0 spiro atoms. The monoisotopic (exact) mass is 512 g/mol. The van der Waals surface area contributed by atoms with E-state index in [0.29, 0.717) is 37.4 Å². The molecule has 37 heavy (non-hydrogen) atoms. The maximum absolute atomic E-state index is 13.3. The number of aromatic amines is 1. The van der Waals surface area contributed by atoms with Crippen LogP contribution in [-0.2, 0) is 6.18 Å². The second-order valence-corrected chi connectivity index (χ2v) is 8.92. The minimum Gasteiger partial charge on any atom is -0.352 e. The SMILES string of the molecule is C[C@H](NC(=O)N1CCN(c2ncnc3[nH]c(-c4ccc(F)cc4)cc23)CC1)c1cccc(C(F)(F)F)c1. The molecule has 0 bridgehead atoms. The van der Waals surface area contributed by atoms with Crippen LogP contribution in [0.4, 0.5) is 28.2 Å². The van der Waals surface area contributed by atoms with Gasteiger partial charge in [-0.05, 0) is 60.5 Å². The molecule has 1 atom stereocenters. The summed E-state index contributed by atoms with van der Waals surface area (Å²) in [5, 5.41) is 3.62. The number of rotatable bonds is 4. The van der Waals surface area contributed by atoms with Gasteiger partial charge >= 0.3 is 12.2 Å². The molecule has 2 aromatic carbocycles. The molecule has 1 saturated heterocycles. The van der Waals surface area contributed by atoms with Crippen LogP contribution in [0, 0.1) is 5.82 Å². The number of benzene rings is 2. The predicted molar refractivity (Wildman–Crippen MR) is 131 cm³/mol. The Morgan fingerprint density at radius 3 is 2.46 bits per heavy atom. The number of H-pyrrole nitrogens is 1. The second-order valence-electron chi connectivity index (χ2n) is 8.92. The first-order valence-electron chi connectivity index (χ1n) is 11.8. The number of hydrogen-bond donors (Lipinski definition) is 2. The molecule has 7 nitrogen and oxygen atoms in total. The first kappa shape index (κ1) is 24.5. The molecule has 3 heterocycles. The van der Waals surface area contributed by atoms with Crippen molar-refractivity contribution in [2.24, 2.45) is 0 Å². The fraction of sp³-hybridized carbons (Fsp3) is 0.269. The molecule has 0 radical (unpaired) electrons. The van der Waals surface area contributed by atoms with Gasteiger partial charge in [-0.15, -0.1) is 0 Å². The van der Waals surface area contributed by atoms with E-state index < -0.39 is 17.8 Å². The third-order valence-electron chi connectivity index (χ3n) is 6.48. The van der Waals surface area contributed by atoms with Gasteiger partial charge in [-0.3, -0.25) is 0 Å². The van der Waals surface area contributed by atoms with E-state index in [1.54, 1.807) is 30.0 Å². The quantitative estimate of drug-likeness (QED) is 0.360. The number of piperazine rings is 1. The Balaban J connectivity index is 1.24. The van der Waals surface area contributed by atoms with E-state index in [1.165, 1.54) is 24.5 Å². The van der Waals surface area contributed by atoms with Crippen LogP contribution in [0.3, 0.4) is 0 Å². The first-order chi connectivity index (χ1) is 17.7. The van der Waals surface area contributed by atoms with Gasteiger partial charge in [0, 0.05) is 31.9 Å². The van der Waals surface area contributed by atoms with Gasteiger partial charge in [-0.2, -0.15) is 13.2 Å². The number of anilines is 1. The summed E-state index contributed by atoms with van der Waals surface area (Å²) in [6.07, 6.45) is -2.97. The van der Waals surface area contributed by atoms with Crippen molar-refractivity contribution in [1.29, 1.82) is 0 Å². The van der Waals surface area contributed by atoms with Gasteiger partial charge in [0.15, 0.2) is 0 Å². The average molecular weight is 513 g/mol. The minimum absolute atomic E-state index is 0.313. The van der Waals surface area contributed by atoms with Crippen LogP contribution in [0.2, 0.25) is 0 Å². The van der Waals surface area contributed by atoms with Crippen molar-refractivity contribution < 1.29 is 22.4 Å². The Labute approximate surface area is 210 Å². The number of alkyl halides is 3. The van der Waals surface area contributed by atoms with Crippen molar-refractivity contribution in [1.82, 2.24) is 25.2 Å². The number of fused-ring (bicyclic) bond motifs is 1. The molecule has 192 valence electrons. The van der Waals surface area contributed by atoms with Gasteiger partial charge in [0.05, 0.1) is 17.0 Å². The molecule has 4 aromatic rings. The van der Waals surface area contributed by atoms with E-state index in [-0.39, 0.29) is 11.8 Å². The molecule has 1 aliphatic heterocycles. The highest BCUT2D eigenvalue weighted by molar-refractivity contribution is 5.92. The Hall–Kier alpha value is -4.15. The zero-order chi connectivity index (χ0) is 26.2. The summed E-state index contributed by atoms with van der Waals surface area (Å²) < 4.78 is 52.4. The summed E-state index contributed by atoms with van der Waals surface area (Å²) in [6.45, 7) is 3.54. The summed E-state index contributed by atoms with van der Waals surface area (Å²) in [7, 11) is 0. The first-order valence-corrected chi connectivity index (χ1v) is 11.8. The second kappa shape index (κ2) is 9.72. The Kier molecular flexibility index (Phi) is 6.45. The topological polar surface area (TPSA) is 77.2 Å². The molecule has 0 unspecified atom stereocenters. The highest BCUT2D eigenvalue weighted by atomic mass is 19.4. The molecule has 2 aromatic heterocycles. The van der Waals surface area contributed by atoms with Crippen LogP contribution in [0.1, 0.15) is 24.1 Å². The smallest absolute Gasteiger partial charge is 0.352 e. The molecule has 1 aliphatic rings. The number of nitrogens with one attached hydrogen (secondary N) is 2. The number of nitrogens with zero attached hydrogens (tertiary/aromatic N) is 4. The molecular formula is C26H24F4N6O. The van der Waals surface area contributed by atoms with Crippen LogP contribution in [0.15, 0.2) is 60.9 Å². The lowest BCUT2D eigenvalue weighted by Gasteiger charge is -2.36. The van der Waals surface area contributed by atoms with Crippen molar-refractivity contribution in [3.63, 3.8) is 0 Å². The van der Waals surface area contributed by atoms with E-state index in [9.17, 15) is 22.4 Å². The van der Waals surface area contributed by atoms with Gasteiger partial charge < -0.3 is 20.1 Å². The largest absolute Gasteiger partial charge is 0.416 e. The van der Waals surface area contributed by atoms with E-state index in [2.05, 4.69) is 25.2 Å². The zero-order valence-corrected chi connectivity index (χ0v) is 19.9. The summed E-state index contributed by atoms with van der Waals surface area (Å²) in [5.74, 6) is 0.415. The lowest BCUT2D eigenvalue weighted by Crippen LogP contribution is -2.52. The number of urea groups is 1. The molecule has 1 fully saturated rings. The number of carbonyl (C=O) groups is 1. The Morgan fingerprint density at radius 2 is 1.76 bits per heavy atom. The summed E-state index contributed by atoms with van der Waals surface area (Å²) in [4.78, 5) is 28.5. The summed E-state index contributed by atoms with van der Waals surface area (Å²) >= 11 is 0. The van der Waals surface area contributed by atoms with Crippen molar-refractivity contribution in [3.8, 4) is 11.3 Å². The van der Waals surface area contributed by atoms with Crippen LogP contribution in [0.25, 0.3) is 22.3 Å². The zero-order valence-electron chi connectivity index (χ0n) is 19.9. The number of carbonyl (C=O) groups excluding carboxylic acids is 1. The molecule has 2 amide bonds. The predicted octanol–water partition coefficient (Wildman–Crippen LogP) is 5.38. The maximum atomic E-state index is 13.3. The highest BCUT2D eigenvalue weighted by Gasteiger charge is 2.31. The minimum atomic E-state index is -4.44. The van der Waals surface area contributed by atoms with Crippen LogP contribution in [0.5, 0.6) is 0 Å². The lowest BCUT2D eigenvalue weighted by atomic mass is 10.1. The van der Waals surface area contributed by atoms with Crippen molar-refractivity contribution >= 4 is 22.9 Å². The molecule has 2 N–H and O–H groups in total. The standard InChI is InChI=1S/C26H24F4N6O/c1-16(18-3-2-4-19(13-18)26(28,29)30)33-25(37)36-11-9-35(10-12-36)24-21-14-22(34-23(21)31-15-32-24)17-5-7-20(27)8-6-17/h2-8,13-16H,9-12H2,1H3,(H,33,37)(H,31,32,34)/t16-/m0/s1. The maximum Gasteiger partial charge on any atom is 0.416 e. The normalized spacial score (nSPS) is 15.2. The van der Waals surface area contributed by atoms with E-state index in [4.69, 9.17) is 0 Å². The molecule has 5 rings (SSSR count). The van der Waals surface area contributed by atoms with E-state index >= 15 is 0 Å². The molecule has 0 saturated carbocycles. The number of amides is 2. The van der Waals surface area contributed by atoms with Crippen LogP contribution < -0.4 is 10.2 Å². The number of halogens is 4. The number of hydrogen-bond acceptors (Lipinski definition) is 4. The fourth-order valence-electron chi connectivity index (χ4n) is 4.43. The van der Waals surface area contributed by atoms with Crippen molar-refractivity contribution in [2.75, 3.05) is 31.1 Å². The lowest BCUT2D eigenvalue weighted by molar-refractivity contribution is -0.137. The molecule has 11 heteroatoms. The highest BCUT2D eigenvalue weighted by Crippen LogP contribution is 2.31. The molecular weight excluding hydrogens is 488 g/mol. The Morgan fingerprint density at radius 1 is 1.03 bits per heavy atom. The van der Waals surface area contributed by atoms with E-state index in [1.807, 2.05) is 6.07 Å². The summed E-state index contributed by atoms with van der Waals surface area (Å²) in [5.41, 5.74) is 1.90. The van der Waals surface area contributed by atoms with Gasteiger partial charge in [-0.1, -0.05) is 12.1 Å². The summed E-state index contributed by atoms with van der Waals surface area (Å²) in [6, 6.07) is 12.1. The number of aromatic nitrogens is 3. The van der Waals surface area contributed by atoms with Gasteiger partial charge in [0.1, 0.15) is 23.6 Å². The third-order valence-corrected chi connectivity index (χ3v) is 6.48.